The third kappa shape index (κ3) is 6.97. The van der Waals surface area contributed by atoms with E-state index in [9.17, 15) is 14.0 Å². The molecule has 1 saturated heterocycles. The number of hydrogen-bond acceptors (Lipinski definition) is 5. The summed E-state index contributed by atoms with van der Waals surface area (Å²) in [6.45, 7) is 7.44. The number of carbonyl (C=O) groups excluding carboxylic acids is 2. The highest BCUT2D eigenvalue weighted by atomic mass is 35.5. The first-order valence-corrected chi connectivity index (χ1v) is 14.8. The number of hydrazine groups is 1. The molecule has 0 atom stereocenters. The van der Waals surface area contributed by atoms with Crippen LogP contribution >= 0.6 is 23.2 Å². The predicted octanol–water partition coefficient (Wildman–Crippen LogP) is 6.78. The lowest BCUT2D eigenvalue weighted by molar-refractivity contribution is 0.0279. The fourth-order valence-electron chi connectivity index (χ4n) is 5.19. The van der Waals surface area contributed by atoms with Crippen molar-refractivity contribution in [3.8, 4) is 5.69 Å². The number of amides is 2. The summed E-state index contributed by atoms with van der Waals surface area (Å²) in [5.41, 5.74) is 5.84. The van der Waals surface area contributed by atoms with Gasteiger partial charge in [-0.05, 0) is 87.6 Å². The molecule has 5 rings (SSSR count). The van der Waals surface area contributed by atoms with Crippen molar-refractivity contribution >= 4 is 46.9 Å². The molecular formula is C31H34Cl2FN5O3. The summed E-state index contributed by atoms with van der Waals surface area (Å²) in [7, 11) is 0. The van der Waals surface area contributed by atoms with E-state index < -0.39 is 11.7 Å². The van der Waals surface area contributed by atoms with Gasteiger partial charge < -0.3 is 9.64 Å². The second kappa shape index (κ2) is 12.5. The second-order valence-electron chi connectivity index (χ2n) is 11.5. The van der Waals surface area contributed by atoms with Crippen LogP contribution in [-0.2, 0) is 11.2 Å². The molecule has 0 radical (unpaired) electrons. The summed E-state index contributed by atoms with van der Waals surface area (Å²) >= 11 is 12.9. The largest absolute Gasteiger partial charge is 0.444 e. The molecule has 3 aromatic rings. The van der Waals surface area contributed by atoms with Crippen LogP contribution in [0.5, 0.6) is 0 Å². The van der Waals surface area contributed by atoms with E-state index in [2.05, 4.69) is 5.43 Å². The Labute approximate surface area is 255 Å². The smallest absolute Gasteiger partial charge is 0.410 e. The van der Waals surface area contributed by atoms with E-state index in [1.165, 1.54) is 12.1 Å². The predicted molar refractivity (Wildman–Crippen MR) is 162 cm³/mol. The van der Waals surface area contributed by atoms with Crippen molar-refractivity contribution in [3.63, 3.8) is 0 Å². The van der Waals surface area contributed by atoms with Gasteiger partial charge in [0.15, 0.2) is 5.69 Å². The molecule has 2 aromatic carbocycles. The number of carbonyl (C=O) groups is 2. The van der Waals surface area contributed by atoms with Crippen molar-refractivity contribution in [2.24, 2.45) is 0 Å². The lowest BCUT2D eigenvalue weighted by Crippen LogP contribution is -2.45. The SMILES string of the molecule is CC(C)(C)OC(=O)N1CCc2c(C(=O)NN3CCCCC3)nn(-c3ccc(Cl)cc3Cl)c2C(=Cc2ccc(F)cc2)C1. The van der Waals surface area contributed by atoms with Crippen LogP contribution in [0.25, 0.3) is 17.3 Å². The van der Waals surface area contributed by atoms with Gasteiger partial charge in [0.05, 0.1) is 22.9 Å². The van der Waals surface area contributed by atoms with Gasteiger partial charge in [0, 0.05) is 30.2 Å². The number of nitrogens with zero attached hydrogens (tertiary/aromatic N) is 4. The van der Waals surface area contributed by atoms with Gasteiger partial charge in [-0.2, -0.15) is 5.10 Å². The maximum absolute atomic E-state index is 13.8. The molecule has 11 heteroatoms. The van der Waals surface area contributed by atoms with Gasteiger partial charge >= 0.3 is 6.09 Å². The molecule has 0 unspecified atom stereocenters. The molecule has 1 fully saturated rings. The van der Waals surface area contributed by atoms with E-state index >= 15 is 0 Å². The zero-order chi connectivity index (χ0) is 30.0. The molecule has 0 spiro atoms. The lowest BCUT2D eigenvalue weighted by atomic mass is 10.0. The normalized spacial score (nSPS) is 17.1. The summed E-state index contributed by atoms with van der Waals surface area (Å²) in [6, 6.07) is 11.1. The van der Waals surface area contributed by atoms with Crippen LogP contribution in [0.1, 0.15) is 67.3 Å². The van der Waals surface area contributed by atoms with Gasteiger partial charge in [0.2, 0.25) is 0 Å². The fraction of sp³-hybridized carbons (Fsp3) is 0.387. The van der Waals surface area contributed by atoms with Crippen LogP contribution in [0, 0.1) is 5.82 Å². The van der Waals surface area contributed by atoms with Gasteiger partial charge in [-0.25, -0.2) is 18.9 Å². The Bertz CT molecular complexity index is 1510. The Kier molecular flexibility index (Phi) is 8.92. The van der Waals surface area contributed by atoms with E-state index in [0.29, 0.717) is 45.5 Å². The van der Waals surface area contributed by atoms with Gasteiger partial charge in [0.1, 0.15) is 11.4 Å². The van der Waals surface area contributed by atoms with Crippen molar-refractivity contribution in [3.05, 3.63) is 80.8 Å². The number of aromatic nitrogens is 2. The third-order valence-electron chi connectivity index (χ3n) is 7.11. The zero-order valence-electron chi connectivity index (χ0n) is 23.9. The van der Waals surface area contributed by atoms with Crippen LogP contribution in [0.2, 0.25) is 10.0 Å². The molecule has 2 aliphatic rings. The van der Waals surface area contributed by atoms with E-state index in [1.807, 2.05) is 31.9 Å². The van der Waals surface area contributed by atoms with E-state index in [4.69, 9.17) is 33.0 Å². The molecule has 2 aliphatic heterocycles. The highest BCUT2D eigenvalue weighted by molar-refractivity contribution is 6.35. The minimum absolute atomic E-state index is 0.170. The van der Waals surface area contributed by atoms with Crippen molar-refractivity contribution in [2.45, 2.75) is 52.1 Å². The monoisotopic (exact) mass is 613 g/mol. The minimum Gasteiger partial charge on any atom is -0.444 e. The second-order valence-corrected chi connectivity index (χ2v) is 12.4. The summed E-state index contributed by atoms with van der Waals surface area (Å²) < 4.78 is 21.1. The molecule has 42 heavy (non-hydrogen) atoms. The van der Waals surface area contributed by atoms with Crippen molar-refractivity contribution in [1.29, 1.82) is 0 Å². The molecule has 8 nitrogen and oxygen atoms in total. The highest BCUT2D eigenvalue weighted by Gasteiger charge is 2.33. The van der Waals surface area contributed by atoms with Crippen LogP contribution in [0.15, 0.2) is 42.5 Å². The van der Waals surface area contributed by atoms with Crippen LogP contribution in [0.3, 0.4) is 0 Å². The molecule has 222 valence electrons. The standard InChI is InChI=1S/C31H34Cl2FN5O3/c1-31(2,3)42-30(41)37-16-13-24-27(29(40)36-38-14-5-4-6-15-38)35-39(26-12-9-22(32)18-25(26)33)28(24)21(19-37)17-20-7-10-23(34)11-8-20/h7-12,17-18H,4-6,13-16,19H2,1-3H3,(H,36,40). The number of benzene rings is 2. The van der Waals surface area contributed by atoms with Crippen LogP contribution < -0.4 is 5.43 Å². The first-order valence-electron chi connectivity index (χ1n) is 14.1. The van der Waals surface area contributed by atoms with E-state index in [-0.39, 0.29) is 24.0 Å². The zero-order valence-corrected chi connectivity index (χ0v) is 25.4. The lowest BCUT2D eigenvalue weighted by Gasteiger charge is -2.27. The van der Waals surface area contributed by atoms with Crippen LogP contribution in [0.4, 0.5) is 9.18 Å². The summed E-state index contributed by atoms with van der Waals surface area (Å²) in [6.07, 6.45) is 4.88. The van der Waals surface area contributed by atoms with Crippen molar-refractivity contribution in [2.75, 3.05) is 26.2 Å². The minimum atomic E-state index is -0.690. The quantitative estimate of drug-likeness (QED) is 0.351. The Balaban J connectivity index is 1.66. The number of hydrogen-bond donors (Lipinski definition) is 1. The third-order valence-corrected chi connectivity index (χ3v) is 7.65. The number of ether oxygens (including phenoxy) is 1. The topological polar surface area (TPSA) is 79.7 Å². The van der Waals surface area contributed by atoms with Crippen molar-refractivity contribution < 1.29 is 18.7 Å². The van der Waals surface area contributed by atoms with Gasteiger partial charge in [-0.15, -0.1) is 0 Å². The van der Waals surface area contributed by atoms with Crippen molar-refractivity contribution in [1.82, 2.24) is 25.1 Å². The van der Waals surface area contributed by atoms with Gasteiger partial charge in [0.25, 0.3) is 5.91 Å². The van der Waals surface area contributed by atoms with Gasteiger partial charge in [-0.3, -0.25) is 10.2 Å². The van der Waals surface area contributed by atoms with Crippen LogP contribution in [-0.4, -0.2) is 63.5 Å². The maximum atomic E-state index is 13.8. The summed E-state index contributed by atoms with van der Waals surface area (Å²) in [5, 5.41) is 7.55. The maximum Gasteiger partial charge on any atom is 0.410 e. The Morgan fingerprint density at radius 2 is 1.74 bits per heavy atom. The first kappa shape index (κ1) is 30.1. The van der Waals surface area contributed by atoms with E-state index in [0.717, 1.165) is 37.9 Å². The average Bonchev–Trinajstić information content (AvgIpc) is 3.20. The number of rotatable bonds is 4. The summed E-state index contributed by atoms with van der Waals surface area (Å²) in [4.78, 5) is 28.6. The fourth-order valence-corrected chi connectivity index (χ4v) is 5.68. The molecular weight excluding hydrogens is 580 g/mol. The molecule has 1 aromatic heterocycles. The highest BCUT2D eigenvalue weighted by Crippen LogP contribution is 2.35. The molecule has 2 amide bonds. The first-order chi connectivity index (χ1) is 20.0. The molecule has 3 heterocycles. The average molecular weight is 615 g/mol. The molecule has 0 saturated carbocycles. The molecule has 0 aliphatic carbocycles. The Morgan fingerprint density at radius 3 is 2.40 bits per heavy atom. The van der Waals surface area contributed by atoms with E-state index in [1.54, 1.807) is 39.9 Å². The summed E-state index contributed by atoms with van der Waals surface area (Å²) in [5.74, 6) is -0.687. The number of fused-ring (bicyclic) bond motifs is 1. The number of nitrogens with one attached hydrogen (secondary N) is 1. The molecule has 0 bridgehead atoms. The number of piperidine rings is 1. The molecule has 1 N–H and O–H groups in total. The van der Waals surface area contributed by atoms with Gasteiger partial charge in [-0.1, -0.05) is 41.8 Å². The number of halogens is 3. The Hall–Kier alpha value is -3.40. The Morgan fingerprint density at radius 1 is 1.02 bits per heavy atom.